The van der Waals surface area contributed by atoms with E-state index in [-0.39, 0.29) is 11.3 Å². The van der Waals surface area contributed by atoms with Crippen LogP contribution in [0.15, 0.2) is 42.9 Å². The summed E-state index contributed by atoms with van der Waals surface area (Å²) >= 11 is 0. The van der Waals surface area contributed by atoms with Crippen LogP contribution in [0.2, 0.25) is 0 Å². The number of fused-ring (bicyclic) bond motifs is 1. The van der Waals surface area contributed by atoms with Gasteiger partial charge >= 0.3 is 0 Å². The van der Waals surface area contributed by atoms with Crippen LogP contribution in [-0.2, 0) is 0 Å². The number of anilines is 1. The number of amides is 1. The van der Waals surface area contributed by atoms with Gasteiger partial charge in [-0.1, -0.05) is 0 Å². The summed E-state index contributed by atoms with van der Waals surface area (Å²) in [4.78, 5) is 22.8. The number of nitro groups is 1. The van der Waals surface area contributed by atoms with Crippen molar-refractivity contribution in [2.45, 2.75) is 0 Å². The van der Waals surface area contributed by atoms with E-state index < -0.39 is 10.8 Å². The maximum Gasteiger partial charge on any atom is 0.282 e. The lowest BCUT2D eigenvalue weighted by atomic mass is 10.1. The highest BCUT2D eigenvalue weighted by atomic mass is 16.6. The van der Waals surface area contributed by atoms with Crippen LogP contribution in [0.5, 0.6) is 5.75 Å². The molecule has 2 heterocycles. The molecule has 3 rings (SSSR count). The number of aromatic nitrogens is 3. The minimum absolute atomic E-state index is 0.0850. The summed E-state index contributed by atoms with van der Waals surface area (Å²) in [5.41, 5.74) is 0.696. The van der Waals surface area contributed by atoms with E-state index in [2.05, 4.69) is 15.5 Å². The van der Waals surface area contributed by atoms with Crippen molar-refractivity contribution in [1.29, 1.82) is 0 Å². The monoisotopic (exact) mass is 313 g/mol. The third kappa shape index (κ3) is 2.79. The Labute approximate surface area is 129 Å². The number of methoxy groups -OCH3 is 1. The Morgan fingerprint density at radius 3 is 2.91 bits per heavy atom. The zero-order chi connectivity index (χ0) is 16.4. The molecule has 0 bridgehead atoms. The standard InChI is InChI=1S/C14H11N5O4/c1-23-10-3-4-12(19(21)22)11(6-10)14(20)16-9-2-5-13-17-15-8-18(13)7-9/h2-8H,1H3,(H,16,20). The molecule has 9 nitrogen and oxygen atoms in total. The molecule has 0 aliphatic heterocycles. The Morgan fingerprint density at radius 1 is 1.35 bits per heavy atom. The molecule has 0 atom stereocenters. The van der Waals surface area contributed by atoms with Gasteiger partial charge in [0.05, 0.1) is 17.7 Å². The molecule has 2 aromatic heterocycles. The van der Waals surface area contributed by atoms with Crippen LogP contribution in [0.4, 0.5) is 11.4 Å². The van der Waals surface area contributed by atoms with Gasteiger partial charge < -0.3 is 10.1 Å². The molecule has 23 heavy (non-hydrogen) atoms. The number of nitrogens with zero attached hydrogens (tertiary/aromatic N) is 4. The van der Waals surface area contributed by atoms with E-state index in [1.165, 1.54) is 31.6 Å². The normalized spacial score (nSPS) is 10.5. The van der Waals surface area contributed by atoms with Gasteiger partial charge in [-0.3, -0.25) is 19.3 Å². The number of hydrogen-bond donors (Lipinski definition) is 1. The highest BCUT2D eigenvalue weighted by Gasteiger charge is 2.21. The van der Waals surface area contributed by atoms with Crippen LogP contribution >= 0.6 is 0 Å². The van der Waals surface area contributed by atoms with Crippen LogP contribution in [0.3, 0.4) is 0 Å². The molecule has 0 saturated heterocycles. The van der Waals surface area contributed by atoms with Gasteiger partial charge in [-0.15, -0.1) is 10.2 Å². The summed E-state index contributed by atoms with van der Waals surface area (Å²) in [6.07, 6.45) is 3.10. The maximum absolute atomic E-state index is 12.4. The van der Waals surface area contributed by atoms with Gasteiger partial charge in [-0.05, 0) is 24.3 Å². The highest BCUT2D eigenvalue weighted by molar-refractivity contribution is 6.07. The fourth-order valence-electron chi connectivity index (χ4n) is 2.08. The van der Waals surface area contributed by atoms with Crippen molar-refractivity contribution in [2.24, 2.45) is 0 Å². The second kappa shape index (κ2) is 5.72. The first-order valence-electron chi connectivity index (χ1n) is 6.51. The van der Waals surface area contributed by atoms with Crippen molar-refractivity contribution in [3.05, 3.63) is 58.5 Å². The van der Waals surface area contributed by atoms with Crippen molar-refractivity contribution >= 4 is 22.9 Å². The molecule has 0 aliphatic carbocycles. The molecule has 116 valence electrons. The average molecular weight is 313 g/mol. The Morgan fingerprint density at radius 2 is 2.17 bits per heavy atom. The second-order valence-corrected chi connectivity index (χ2v) is 4.61. The zero-order valence-corrected chi connectivity index (χ0v) is 12.0. The first-order chi connectivity index (χ1) is 11.1. The van der Waals surface area contributed by atoms with E-state index in [0.717, 1.165) is 0 Å². The summed E-state index contributed by atoms with van der Waals surface area (Å²) in [5.74, 6) is -0.252. The van der Waals surface area contributed by atoms with E-state index in [9.17, 15) is 14.9 Å². The molecule has 1 N–H and O–H groups in total. The lowest BCUT2D eigenvalue weighted by Crippen LogP contribution is -2.14. The van der Waals surface area contributed by atoms with Gasteiger partial charge in [0.15, 0.2) is 5.65 Å². The van der Waals surface area contributed by atoms with E-state index in [4.69, 9.17) is 4.74 Å². The number of hydrogen-bond acceptors (Lipinski definition) is 6. The summed E-state index contributed by atoms with van der Waals surface area (Å²) < 4.78 is 6.63. The first kappa shape index (κ1) is 14.4. The zero-order valence-electron chi connectivity index (χ0n) is 12.0. The molecule has 0 aliphatic rings. The lowest BCUT2D eigenvalue weighted by Gasteiger charge is -2.08. The molecule has 0 saturated carbocycles. The topological polar surface area (TPSA) is 112 Å². The maximum atomic E-state index is 12.4. The molecule has 1 aromatic carbocycles. The Hall–Kier alpha value is -3.49. The molecular formula is C14H11N5O4. The molecule has 0 unspecified atom stereocenters. The quantitative estimate of drug-likeness (QED) is 0.581. The number of carbonyl (C=O) groups is 1. The van der Waals surface area contributed by atoms with Crippen LogP contribution in [0, 0.1) is 10.1 Å². The van der Waals surface area contributed by atoms with Crippen LogP contribution < -0.4 is 10.1 Å². The number of pyridine rings is 1. The molecule has 0 fully saturated rings. The van der Waals surface area contributed by atoms with Gasteiger partial charge in [0, 0.05) is 12.3 Å². The van der Waals surface area contributed by atoms with Crippen LogP contribution in [-0.4, -0.2) is 32.5 Å². The molecule has 1 amide bonds. The largest absolute Gasteiger partial charge is 0.497 e. The van der Waals surface area contributed by atoms with Gasteiger partial charge in [0.1, 0.15) is 17.6 Å². The van der Waals surface area contributed by atoms with Gasteiger partial charge in [0.2, 0.25) is 0 Å². The number of nitrogens with one attached hydrogen (secondary N) is 1. The predicted molar refractivity (Wildman–Crippen MR) is 80.6 cm³/mol. The van der Waals surface area contributed by atoms with E-state index >= 15 is 0 Å². The Kier molecular flexibility index (Phi) is 3.59. The third-order valence-corrected chi connectivity index (χ3v) is 3.19. The van der Waals surface area contributed by atoms with Crippen LogP contribution in [0.25, 0.3) is 5.65 Å². The van der Waals surface area contributed by atoms with Crippen molar-refractivity contribution in [3.8, 4) is 5.75 Å². The molecule has 3 aromatic rings. The number of ether oxygens (including phenoxy) is 1. The number of benzene rings is 1. The summed E-state index contributed by atoms with van der Waals surface area (Å²) in [6.45, 7) is 0. The van der Waals surface area contributed by atoms with Gasteiger partial charge in [-0.2, -0.15) is 0 Å². The van der Waals surface area contributed by atoms with Crippen molar-refractivity contribution < 1.29 is 14.5 Å². The molecule has 9 heteroatoms. The average Bonchev–Trinajstić information content (AvgIpc) is 3.01. The van der Waals surface area contributed by atoms with Crippen LogP contribution in [0.1, 0.15) is 10.4 Å². The minimum Gasteiger partial charge on any atom is -0.497 e. The van der Waals surface area contributed by atoms with E-state index in [1.54, 1.807) is 22.7 Å². The fraction of sp³-hybridized carbons (Fsp3) is 0.0714. The molecule has 0 spiro atoms. The van der Waals surface area contributed by atoms with E-state index in [0.29, 0.717) is 17.1 Å². The second-order valence-electron chi connectivity index (χ2n) is 4.61. The number of carbonyl (C=O) groups excluding carboxylic acids is 1. The van der Waals surface area contributed by atoms with Crippen molar-refractivity contribution in [3.63, 3.8) is 0 Å². The fourth-order valence-corrected chi connectivity index (χ4v) is 2.08. The minimum atomic E-state index is -0.614. The third-order valence-electron chi connectivity index (χ3n) is 3.19. The predicted octanol–water partition coefficient (Wildman–Crippen LogP) is 1.90. The Bertz CT molecular complexity index is 905. The summed E-state index contributed by atoms with van der Waals surface area (Å²) in [6, 6.07) is 7.29. The smallest absolute Gasteiger partial charge is 0.282 e. The first-order valence-corrected chi connectivity index (χ1v) is 6.51. The Balaban J connectivity index is 1.94. The summed E-state index contributed by atoms with van der Waals surface area (Å²) in [7, 11) is 1.42. The van der Waals surface area contributed by atoms with E-state index in [1.807, 2.05) is 0 Å². The molecule has 0 radical (unpaired) electrons. The van der Waals surface area contributed by atoms with Crippen molar-refractivity contribution in [1.82, 2.24) is 14.6 Å². The highest BCUT2D eigenvalue weighted by Crippen LogP contribution is 2.25. The van der Waals surface area contributed by atoms with Gasteiger partial charge in [0.25, 0.3) is 11.6 Å². The SMILES string of the molecule is COc1ccc([N+](=O)[O-])c(C(=O)Nc2ccc3nncn3c2)c1. The van der Waals surface area contributed by atoms with Crippen molar-refractivity contribution in [2.75, 3.05) is 12.4 Å². The van der Waals surface area contributed by atoms with Gasteiger partial charge in [-0.25, -0.2) is 0 Å². The number of rotatable bonds is 4. The summed E-state index contributed by atoms with van der Waals surface area (Å²) in [5, 5.41) is 21.3. The lowest BCUT2D eigenvalue weighted by molar-refractivity contribution is -0.385. The molecular weight excluding hydrogens is 302 g/mol. The number of nitro benzene ring substituents is 1.